The van der Waals surface area contributed by atoms with E-state index < -0.39 is 0 Å². The largest absolute Gasteiger partial charge is 0.507 e. The average molecular weight is 515 g/mol. The summed E-state index contributed by atoms with van der Waals surface area (Å²) in [5.41, 5.74) is 6.29. The topological polar surface area (TPSA) is 68.2 Å². The Hall–Kier alpha value is -3.22. The molecule has 0 aromatic heterocycles. The van der Waals surface area contributed by atoms with Crippen LogP contribution in [0.5, 0.6) is 5.75 Å². The van der Waals surface area contributed by atoms with Gasteiger partial charge in [-0.3, -0.25) is 14.6 Å². The van der Waals surface area contributed by atoms with E-state index in [0.717, 1.165) is 43.9 Å². The van der Waals surface area contributed by atoms with Gasteiger partial charge in [0.1, 0.15) is 5.75 Å². The van der Waals surface area contributed by atoms with Gasteiger partial charge in [0.15, 0.2) is 0 Å². The second-order valence-electron chi connectivity index (χ2n) is 12.5. The van der Waals surface area contributed by atoms with Gasteiger partial charge >= 0.3 is 0 Å². The lowest BCUT2D eigenvalue weighted by Crippen LogP contribution is -2.48. The molecule has 0 spiro atoms. The fourth-order valence-corrected chi connectivity index (χ4v) is 4.87. The second kappa shape index (κ2) is 11.3. The van der Waals surface area contributed by atoms with Crippen LogP contribution in [0.25, 0.3) is 10.8 Å². The van der Waals surface area contributed by atoms with E-state index >= 15 is 0 Å². The fourth-order valence-electron chi connectivity index (χ4n) is 4.87. The van der Waals surface area contributed by atoms with Gasteiger partial charge in [-0.25, -0.2) is 5.43 Å². The zero-order valence-corrected chi connectivity index (χ0v) is 23.7. The van der Waals surface area contributed by atoms with Gasteiger partial charge in [-0.1, -0.05) is 84.0 Å². The summed E-state index contributed by atoms with van der Waals surface area (Å²) in [6, 6.07) is 19.1. The monoisotopic (exact) mass is 514 g/mol. The van der Waals surface area contributed by atoms with Crippen LogP contribution < -0.4 is 5.43 Å². The van der Waals surface area contributed by atoms with Crippen LogP contribution in [0.4, 0.5) is 0 Å². The zero-order chi connectivity index (χ0) is 27.5. The Kier molecular flexibility index (Phi) is 8.24. The van der Waals surface area contributed by atoms with E-state index in [1.54, 1.807) is 6.21 Å². The van der Waals surface area contributed by atoms with Crippen molar-refractivity contribution >= 4 is 22.9 Å². The standard InChI is InChI=1S/C32H42N4O2/c1-31(2,3)27-18-26(30(38)28(19-27)32(4,5)6)20-33-34-29(37)22-36-15-13-35(14-16-36)21-23-11-12-24-9-7-8-10-25(24)17-23/h7-12,17-20,38H,13-16,21-22H2,1-6H3,(H,34,37). The Labute approximate surface area is 227 Å². The van der Waals surface area contributed by atoms with Crippen molar-refractivity contribution in [2.75, 3.05) is 32.7 Å². The molecule has 0 bridgehead atoms. The number of nitrogens with one attached hydrogen (secondary N) is 1. The van der Waals surface area contributed by atoms with Gasteiger partial charge < -0.3 is 5.11 Å². The Morgan fingerprint density at radius 1 is 0.895 bits per heavy atom. The van der Waals surface area contributed by atoms with Crippen molar-refractivity contribution in [3.8, 4) is 5.75 Å². The number of nitrogens with zero attached hydrogens (tertiary/aromatic N) is 3. The predicted octanol–water partition coefficient (Wildman–Crippen LogP) is 5.41. The third-order valence-corrected chi connectivity index (χ3v) is 7.26. The molecular formula is C32H42N4O2. The first-order valence-corrected chi connectivity index (χ1v) is 13.5. The summed E-state index contributed by atoms with van der Waals surface area (Å²) in [6.07, 6.45) is 1.55. The molecule has 0 saturated carbocycles. The van der Waals surface area contributed by atoms with Crippen molar-refractivity contribution in [1.29, 1.82) is 0 Å². The number of aromatic hydroxyl groups is 1. The molecule has 6 nitrogen and oxygen atoms in total. The number of piperazine rings is 1. The van der Waals surface area contributed by atoms with E-state index in [4.69, 9.17) is 0 Å². The smallest absolute Gasteiger partial charge is 0.254 e. The molecule has 38 heavy (non-hydrogen) atoms. The first-order valence-electron chi connectivity index (χ1n) is 13.5. The number of rotatable bonds is 6. The quantitative estimate of drug-likeness (QED) is 0.341. The Balaban J connectivity index is 1.30. The molecular weight excluding hydrogens is 472 g/mol. The average Bonchev–Trinajstić information content (AvgIpc) is 2.85. The van der Waals surface area contributed by atoms with Crippen molar-refractivity contribution in [2.45, 2.75) is 58.9 Å². The summed E-state index contributed by atoms with van der Waals surface area (Å²) in [7, 11) is 0. The normalized spacial score (nSPS) is 15.8. The fraction of sp³-hybridized carbons (Fsp3) is 0.438. The third-order valence-electron chi connectivity index (χ3n) is 7.26. The van der Waals surface area contributed by atoms with Crippen LogP contribution in [0.1, 0.15) is 63.8 Å². The Morgan fingerprint density at radius 3 is 2.21 bits per heavy atom. The number of phenolic OH excluding ortho intramolecular Hbond substituents is 1. The van der Waals surface area contributed by atoms with E-state index in [2.05, 4.69) is 110 Å². The maximum Gasteiger partial charge on any atom is 0.254 e. The molecule has 3 aromatic rings. The van der Waals surface area contributed by atoms with Crippen molar-refractivity contribution in [1.82, 2.24) is 15.2 Å². The van der Waals surface area contributed by atoms with E-state index in [0.29, 0.717) is 12.1 Å². The molecule has 1 amide bonds. The van der Waals surface area contributed by atoms with Crippen molar-refractivity contribution < 1.29 is 9.90 Å². The molecule has 202 valence electrons. The number of fused-ring (bicyclic) bond motifs is 1. The van der Waals surface area contributed by atoms with Gasteiger partial charge in [0.05, 0.1) is 12.8 Å². The van der Waals surface area contributed by atoms with Crippen LogP contribution in [0.15, 0.2) is 59.7 Å². The minimum absolute atomic E-state index is 0.0734. The predicted molar refractivity (Wildman–Crippen MR) is 157 cm³/mol. The second-order valence-corrected chi connectivity index (χ2v) is 12.5. The lowest BCUT2D eigenvalue weighted by molar-refractivity contribution is -0.122. The highest BCUT2D eigenvalue weighted by Gasteiger charge is 2.24. The molecule has 0 unspecified atom stereocenters. The molecule has 6 heteroatoms. The van der Waals surface area contributed by atoms with Crippen LogP contribution in [-0.2, 0) is 22.2 Å². The minimum Gasteiger partial charge on any atom is -0.507 e. The molecule has 1 heterocycles. The van der Waals surface area contributed by atoms with E-state index in [1.165, 1.54) is 16.3 Å². The number of carbonyl (C=O) groups excluding carboxylic acids is 1. The van der Waals surface area contributed by atoms with Gasteiger partial charge in [-0.15, -0.1) is 0 Å². The van der Waals surface area contributed by atoms with Crippen LogP contribution in [0.2, 0.25) is 0 Å². The van der Waals surface area contributed by atoms with E-state index in [1.807, 2.05) is 6.07 Å². The number of carbonyl (C=O) groups is 1. The van der Waals surface area contributed by atoms with Gasteiger partial charge in [0.2, 0.25) is 0 Å². The minimum atomic E-state index is -0.215. The molecule has 2 N–H and O–H groups in total. The maximum absolute atomic E-state index is 12.6. The molecule has 0 radical (unpaired) electrons. The highest BCUT2D eigenvalue weighted by molar-refractivity contribution is 5.87. The molecule has 3 aromatic carbocycles. The highest BCUT2D eigenvalue weighted by atomic mass is 16.3. The van der Waals surface area contributed by atoms with Gasteiger partial charge in [0.25, 0.3) is 5.91 Å². The highest BCUT2D eigenvalue weighted by Crippen LogP contribution is 2.37. The Bertz CT molecular complexity index is 1310. The van der Waals surface area contributed by atoms with Gasteiger partial charge in [-0.2, -0.15) is 5.10 Å². The SMILES string of the molecule is CC(C)(C)c1cc(C=NNC(=O)CN2CCN(Cc3ccc4ccccc4c3)CC2)c(O)c(C(C)(C)C)c1. The molecule has 0 atom stereocenters. The number of amides is 1. The maximum atomic E-state index is 12.6. The molecule has 0 aliphatic carbocycles. The number of hydrogen-bond acceptors (Lipinski definition) is 5. The van der Waals surface area contributed by atoms with E-state index in [9.17, 15) is 9.90 Å². The van der Waals surface area contributed by atoms with Crippen molar-refractivity contribution in [2.24, 2.45) is 5.10 Å². The molecule has 1 fully saturated rings. The van der Waals surface area contributed by atoms with Crippen molar-refractivity contribution in [3.63, 3.8) is 0 Å². The third kappa shape index (κ3) is 7.00. The summed E-state index contributed by atoms with van der Waals surface area (Å²) in [5.74, 6) is 0.0674. The van der Waals surface area contributed by atoms with Crippen LogP contribution in [-0.4, -0.2) is 59.8 Å². The summed E-state index contributed by atoms with van der Waals surface area (Å²) in [4.78, 5) is 17.2. The lowest BCUT2D eigenvalue weighted by atomic mass is 9.79. The van der Waals surface area contributed by atoms with Crippen molar-refractivity contribution in [3.05, 3.63) is 76.9 Å². The van der Waals surface area contributed by atoms with Gasteiger partial charge in [-0.05, 0) is 44.9 Å². The molecule has 1 saturated heterocycles. The number of hydrazone groups is 1. The van der Waals surface area contributed by atoms with E-state index in [-0.39, 0.29) is 22.5 Å². The number of hydrogen-bond donors (Lipinski definition) is 2. The van der Waals surface area contributed by atoms with Crippen LogP contribution >= 0.6 is 0 Å². The first-order chi connectivity index (χ1) is 17.9. The molecule has 1 aliphatic rings. The summed E-state index contributed by atoms with van der Waals surface area (Å²) in [6.45, 7) is 17.4. The Morgan fingerprint density at radius 2 is 1.55 bits per heavy atom. The lowest BCUT2D eigenvalue weighted by Gasteiger charge is -2.34. The van der Waals surface area contributed by atoms with Crippen LogP contribution in [0.3, 0.4) is 0 Å². The molecule has 1 aliphatic heterocycles. The zero-order valence-electron chi connectivity index (χ0n) is 23.7. The first kappa shape index (κ1) is 27.8. The summed E-state index contributed by atoms with van der Waals surface area (Å²) in [5, 5.41) is 17.6. The van der Waals surface area contributed by atoms with Crippen LogP contribution in [0, 0.1) is 0 Å². The number of phenols is 1. The van der Waals surface area contributed by atoms with Gasteiger partial charge in [0, 0.05) is 43.9 Å². The number of benzene rings is 3. The molecule has 4 rings (SSSR count). The summed E-state index contributed by atoms with van der Waals surface area (Å²) < 4.78 is 0. The summed E-state index contributed by atoms with van der Waals surface area (Å²) >= 11 is 0.